The van der Waals surface area contributed by atoms with Crippen LogP contribution in [0.25, 0.3) is 0 Å². The van der Waals surface area contributed by atoms with Gasteiger partial charge in [0.05, 0.1) is 6.10 Å². The van der Waals surface area contributed by atoms with E-state index in [0.29, 0.717) is 24.4 Å². The van der Waals surface area contributed by atoms with Crippen LogP contribution in [0.1, 0.15) is 38.2 Å². The van der Waals surface area contributed by atoms with Gasteiger partial charge in [-0.25, -0.2) is 0 Å². The molecule has 0 spiro atoms. The Labute approximate surface area is 118 Å². The van der Waals surface area contributed by atoms with Crippen LogP contribution in [0.5, 0.6) is 0 Å². The molecule has 0 saturated heterocycles. The van der Waals surface area contributed by atoms with E-state index in [0.717, 1.165) is 4.47 Å². The van der Waals surface area contributed by atoms with E-state index >= 15 is 0 Å². The average molecular weight is 312 g/mol. The molecule has 0 aliphatic heterocycles. The van der Waals surface area contributed by atoms with E-state index in [1.807, 2.05) is 0 Å². The van der Waals surface area contributed by atoms with Crippen LogP contribution in [0.3, 0.4) is 0 Å². The molecule has 0 heterocycles. The Morgan fingerprint density at radius 3 is 2.72 bits per heavy atom. The van der Waals surface area contributed by atoms with Gasteiger partial charge in [-0.15, -0.1) is 0 Å². The molecule has 1 saturated carbocycles. The molecule has 100 valence electrons. The van der Waals surface area contributed by atoms with Crippen molar-refractivity contribution < 1.29 is 5.11 Å². The molecule has 3 heteroatoms. The fourth-order valence-electron chi connectivity index (χ4n) is 2.34. The highest BCUT2D eigenvalue weighted by molar-refractivity contribution is 9.10. The fourth-order valence-corrected chi connectivity index (χ4v) is 2.76. The second-order valence-corrected chi connectivity index (χ2v) is 6.56. The van der Waals surface area contributed by atoms with Gasteiger partial charge in [-0.3, -0.25) is 0 Å². The summed E-state index contributed by atoms with van der Waals surface area (Å²) in [6.07, 6.45) is 2.14. The lowest BCUT2D eigenvalue weighted by molar-refractivity contribution is 0.112. The van der Waals surface area contributed by atoms with Gasteiger partial charge in [0, 0.05) is 17.1 Å². The molecule has 18 heavy (non-hydrogen) atoms. The summed E-state index contributed by atoms with van der Waals surface area (Å²) in [4.78, 5) is 0. The molecule has 2 N–H and O–H groups in total. The van der Waals surface area contributed by atoms with Crippen molar-refractivity contribution in [2.75, 3.05) is 6.54 Å². The Kier molecular flexibility index (Phi) is 4.82. The summed E-state index contributed by atoms with van der Waals surface area (Å²) in [5.41, 5.74) is 1.42. The molecular formula is C15H22BrNO. The standard InChI is InChI=1S/C15H22BrNO/c1-10(2)15(18)9-17-14-7-12(8-14)11-4-3-5-13(16)6-11/h3-6,10,12,14-15,17-18H,7-9H2,1-2H3. The van der Waals surface area contributed by atoms with Gasteiger partial charge in [-0.2, -0.15) is 0 Å². The van der Waals surface area contributed by atoms with Gasteiger partial charge in [0.25, 0.3) is 0 Å². The highest BCUT2D eigenvalue weighted by Crippen LogP contribution is 2.37. The molecule has 1 atom stereocenters. The molecule has 0 aromatic heterocycles. The SMILES string of the molecule is CC(C)C(O)CNC1CC(c2cccc(Br)c2)C1. The highest BCUT2D eigenvalue weighted by atomic mass is 79.9. The lowest BCUT2D eigenvalue weighted by atomic mass is 9.76. The van der Waals surface area contributed by atoms with Gasteiger partial charge in [-0.05, 0) is 42.4 Å². The van der Waals surface area contributed by atoms with Crippen molar-refractivity contribution in [2.45, 2.75) is 44.8 Å². The third-order valence-corrected chi connectivity index (χ3v) is 4.34. The Morgan fingerprint density at radius 1 is 1.39 bits per heavy atom. The molecule has 1 aliphatic carbocycles. The number of aliphatic hydroxyl groups is 1. The lowest BCUT2D eigenvalue weighted by Gasteiger charge is -2.37. The number of nitrogens with one attached hydrogen (secondary N) is 1. The molecule has 0 bridgehead atoms. The highest BCUT2D eigenvalue weighted by Gasteiger charge is 2.30. The molecule has 2 rings (SSSR count). The molecule has 2 nitrogen and oxygen atoms in total. The first kappa shape index (κ1) is 14.0. The largest absolute Gasteiger partial charge is 0.392 e. The summed E-state index contributed by atoms with van der Waals surface area (Å²) in [6, 6.07) is 9.15. The topological polar surface area (TPSA) is 32.3 Å². The summed E-state index contributed by atoms with van der Waals surface area (Å²) in [5.74, 6) is 1.01. The van der Waals surface area contributed by atoms with Gasteiger partial charge in [0.2, 0.25) is 0 Å². The molecule has 1 unspecified atom stereocenters. The minimum absolute atomic E-state index is 0.227. The van der Waals surface area contributed by atoms with E-state index in [-0.39, 0.29) is 6.10 Å². The maximum absolute atomic E-state index is 9.75. The van der Waals surface area contributed by atoms with E-state index in [9.17, 15) is 5.11 Å². The summed E-state index contributed by atoms with van der Waals surface area (Å²) in [5, 5.41) is 13.2. The quantitative estimate of drug-likeness (QED) is 0.874. The minimum atomic E-state index is -0.227. The van der Waals surface area contributed by atoms with E-state index in [4.69, 9.17) is 0 Å². The van der Waals surface area contributed by atoms with Crippen molar-refractivity contribution in [3.05, 3.63) is 34.3 Å². The minimum Gasteiger partial charge on any atom is -0.392 e. The van der Waals surface area contributed by atoms with E-state index < -0.39 is 0 Å². The summed E-state index contributed by atoms with van der Waals surface area (Å²) >= 11 is 3.52. The Hall–Kier alpha value is -0.380. The average Bonchev–Trinajstić information content (AvgIpc) is 2.26. The zero-order valence-electron chi connectivity index (χ0n) is 11.1. The van der Waals surface area contributed by atoms with Crippen LogP contribution in [0.4, 0.5) is 0 Å². The number of aliphatic hydroxyl groups excluding tert-OH is 1. The van der Waals surface area contributed by atoms with Crippen LogP contribution in [0, 0.1) is 5.92 Å². The Balaban J connectivity index is 1.74. The first-order valence-corrected chi connectivity index (χ1v) is 7.52. The number of benzene rings is 1. The predicted molar refractivity (Wildman–Crippen MR) is 78.8 cm³/mol. The number of hydrogen-bond donors (Lipinski definition) is 2. The Bertz CT molecular complexity index is 388. The van der Waals surface area contributed by atoms with E-state index in [2.05, 4.69) is 59.4 Å². The van der Waals surface area contributed by atoms with Gasteiger partial charge >= 0.3 is 0 Å². The van der Waals surface area contributed by atoms with Crippen LogP contribution < -0.4 is 5.32 Å². The van der Waals surface area contributed by atoms with Crippen LogP contribution in [0.2, 0.25) is 0 Å². The second kappa shape index (κ2) is 6.18. The summed E-state index contributed by atoms with van der Waals surface area (Å²) < 4.78 is 1.16. The van der Waals surface area contributed by atoms with Gasteiger partial charge in [0.15, 0.2) is 0 Å². The number of hydrogen-bond acceptors (Lipinski definition) is 2. The molecular weight excluding hydrogens is 290 g/mol. The Morgan fingerprint density at radius 2 is 2.11 bits per heavy atom. The van der Waals surface area contributed by atoms with Crippen LogP contribution in [-0.2, 0) is 0 Å². The van der Waals surface area contributed by atoms with Crippen molar-refractivity contribution in [1.82, 2.24) is 5.32 Å². The molecule has 1 aromatic carbocycles. The number of halogens is 1. The monoisotopic (exact) mass is 311 g/mol. The molecule has 1 aromatic rings. The maximum Gasteiger partial charge on any atom is 0.0687 e. The second-order valence-electron chi connectivity index (χ2n) is 5.64. The number of rotatable bonds is 5. The summed E-state index contributed by atoms with van der Waals surface area (Å²) in [7, 11) is 0. The summed E-state index contributed by atoms with van der Waals surface area (Å²) in [6.45, 7) is 4.82. The zero-order chi connectivity index (χ0) is 13.1. The van der Waals surface area contributed by atoms with Gasteiger partial charge < -0.3 is 10.4 Å². The molecule has 1 aliphatic rings. The van der Waals surface area contributed by atoms with Crippen molar-refractivity contribution in [1.29, 1.82) is 0 Å². The third kappa shape index (κ3) is 3.56. The van der Waals surface area contributed by atoms with Crippen molar-refractivity contribution in [3.8, 4) is 0 Å². The zero-order valence-corrected chi connectivity index (χ0v) is 12.7. The first-order chi connectivity index (χ1) is 8.56. The van der Waals surface area contributed by atoms with Gasteiger partial charge in [-0.1, -0.05) is 41.9 Å². The lowest BCUT2D eigenvalue weighted by Crippen LogP contribution is -2.44. The van der Waals surface area contributed by atoms with Crippen LogP contribution in [-0.4, -0.2) is 23.8 Å². The van der Waals surface area contributed by atoms with E-state index in [1.54, 1.807) is 0 Å². The van der Waals surface area contributed by atoms with Crippen LogP contribution >= 0.6 is 15.9 Å². The normalized spacial score (nSPS) is 24.9. The smallest absolute Gasteiger partial charge is 0.0687 e. The van der Waals surface area contributed by atoms with Crippen LogP contribution in [0.15, 0.2) is 28.7 Å². The fraction of sp³-hybridized carbons (Fsp3) is 0.600. The molecule has 0 radical (unpaired) electrons. The molecule has 0 amide bonds. The maximum atomic E-state index is 9.75. The van der Waals surface area contributed by atoms with Crippen molar-refractivity contribution in [3.63, 3.8) is 0 Å². The van der Waals surface area contributed by atoms with E-state index in [1.165, 1.54) is 18.4 Å². The van der Waals surface area contributed by atoms with Crippen molar-refractivity contribution >= 4 is 15.9 Å². The third-order valence-electron chi connectivity index (χ3n) is 3.84. The predicted octanol–water partition coefficient (Wildman–Crippen LogP) is 3.30. The first-order valence-electron chi connectivity index (χ1n) is 6.73. The molecule has 1 fully saturated rings. The van der Waals surface area contributed by atoms with Crippen molar-refractivity contribution in [2.24, 2.45) is 5.92 Å². The van der Waals surface area contributed by atoms with Gasteiger partial charge in [0.1, 0.15) is 0 Å².